The standard InChI is InChI=1S/C14H25N3O/c1-3-15-12(2)13-10-16-17(11-13)8-4-6-14-7-5-9-18-14/h10-12,14-15H,3-9H2,1-2H3. The number of nitrogens with one attached hydrogen (secondary N) is 1. The van der Waals surface area contributed by atoms with Crippen molar-refractivity contribution in [1.29, 1.82) is 0 Å². The van der Waals surface area contributed by atoms with Crippen molar-refractivity contribution in [3.05, 3.63) is 18.0 Å². The SMILES string of the molecule is CCNC(C)c1cnn(CCCC2CCCO2)c1. The third-order valence-corrected chi connectivity index (χ3v) is 3.60. The molecule has 102 valence electrons. The Kier molecular flexibility index (Phi) is 5.20. The van der Waals surface area contributed by atoms with Gasteiger partial charge in [-0.1, -0.05) is 6.92 Å². The zero-order valence-electron chi connectivity index (χ0n) is 11.6. The lowest BCUT2D eigenvalue weighted by Crippen LogP contribution is -2.17. The van der Waals surface area contributed by atoms with Gasteiger partial charge in [0.1, 0.15) is 0 Å². The van der Waals surface area contributed by atoms with E-state index in [4.69, 9.17) is 4.74 Å². The second-order valence-electron chi connectivity index (χ2n) is 5.09. The molecule has 1 N–H and O–H groups in total. The molecule has 1 saturated heterocycles. The van der Waals surface area contributed by atoms with Gasteiger partial charge in [0.2, 0.25) is 0 Å². The Labute approximate surface area is 110 Å². The molecule has 4 nitrogen and oxygen atoms in total. The van der Waals surface area contributed by atoms with Crippen molar-refractivity contribution in [2.24, 2.45) is 0 Å². The first-order chi connectivity index (χ1) is 8.79. The topological polar surface area (TPSA) is 39.1 Å². The van der Waals surface area contributed by atoms with Crippen LogP contribution >= 0.6 is 0 Å². The van der Waals surface area contributed by atoms with E-state index in [9.17, 15) is 0 Å². The van der Waals surface area contributed by atoms with Crippen LogP contribution in [0.25, 0.3) is 0 Å². The average Bonchev–Trinajstić information content (AvgIpc) is 3.00. The quantitative estimate of drug-likeness (QED) is 0.809. The molecule has 1 fully saturated rings. The molecular weight excluding hydrogens is 226 g/mol. The van der Waals surface area contributed by atoms with Gasteiger partial charge in [0.05, 0.1) is 12.3 Å². The predicted molar refractivity (Wildman–Crippen MR) is 72.5 cm³/mol. The maximum Gasteiger partial charge on any atom is 0.0576 e. The van der Waals surface area contributed by atoms with E-state index in [1.54, 1.807) is 0 Å². The van der Waals surface area contributed by atoms with Crippen molar-refractivity contribution in [1.82, 2.24) is 15.1 Å². The summed E-state index contributed by atoms with van der Waals surface area (Å²) >= 11 is 0. The maximum absolute atomic E-state index is 5.63. The lowest BCUT2D eigenvalue weighted by Gasteiger charge is -2.09. The first-order valence-electron chi connectivity index (χ1n) is 7.17. The maximum atomic E-state index is 5.63. The van der Waals surface area contributed by atoms with Crippen LogP contribution in [-0.2, 0) is 11.3 Å². The molecule has 2 atom stereocenters. The van der Waals surface area contributed by atoms with E-state index < -0.39 is 0 Å². The molecule has 0 aliphatic carbocycles. The molecule has 0 saturated carbocycles. The number of aryl methyl sites for hydroxylation is 1. The number of hydrogen-bond donors (Lipinski definition) is 1. The summed E-state index contributed by atoms with van der Waals surface area (Å²) in [7, 11) is 0. The molecule has 2 rings (SSSR count). The Balaban J connectivity index is 1.72. The lowest BCUT2D eigenvalue weighted by molar-refractivity contribution is 0.101. The predicted octanol–water partition coefficient (Wildman–Crippen LogP) is 2.51. The molecule has 0 amide bonds. The van der Waals surface area contributed by atoms with Crippen LogP contribution in [-0.4, -0.2) is 29.0 Å². The normalized spacial score (nSPS) is 21.3. The lowest BCUT2D eigenvalue weighted by atomic mass is 10.1. The first kappa shape index (κ1) is 13.6. The van der Waals surface area contributed by atoms with Gasteiger partial charge >= 0.3 is 0 Å². The van der Waals surface area contributed by atoms with Crippen LogP contribution in [0.3, 0.4) is 0 Å². The largest absolute Gasteiger partial charge is 0.378 e. The zero-order valence-corrected chi connectivity index (χ0v) is 11.6. The zero-order chi connectivity index (χ0) is 12.8. The minimum atomic E-state index is 0.391. The van der Waals surface area contributed by atoms with Crippen LogP contribution in [0.4, 0.5) is 0 Å². The minimum absolute atomic E-state index is 0.391. The smallest absolute Gasteiger partial charge is 0.0576 e. The summed E-state index contributed by atoms with van der Waals surface area (Å²) < 4.78 is 7.68. The summed E-state index contributed by atoms with van der Waals surface area (Å²) in [6, 6.07) is 0.391. The fraction of sp³-hybridized carbons (Fsp3) is 0.786. The Morgan fingerprint density at radius 1 is 1.61 bits per heavy atom. The van der Waals surface area contributed by atoms with E-state index in [-0.39, 0.29) is 0 Å². The van der Waals surface area contributed by atoms with Crippen LogP contribution in [0.1, 0.15) is 51.1 Å². The van der Waals surface area contributed by atoms with Gasteiger partial charge in [-0.2, -0.15) is 5.10 Å². The molecule has 18 heavy (non-hydrogen) atoms. The van der Waals surface area contributed by atoms with E-state index in [1.807, 2.05) is 6.20 Å². The molecule has 4 heteroatoms. The molecule has 0 spiro atoms. The molecule has 0 aromatic carbocycles. The van der Waals surface area contributed by atoms with Gasteiger partial charge in [-0.3, -0.25) is 4.68 Å². The Morgan fingerprint density at radius 3 is 3.22 bits per heavy atom. The van der Waals surface area contributed by atoms with E-state index in [0.29, 0.717) is 12.1 Å². The summed E-state index contributed by atoms with van der Waals surface area (Å²) in [5, 5.41) is 7.82. The van der Waals surface area contributed by atoms with Crippen LogP contribution in [0.2, 0.25) is 0 Å². The Morgan fingerprint density at radius 2 is 2.50 bits per heavy atom. The van der Waals surface area contributed by atoms with Crippen molar-refractivity contribution < 1.29 is 4.74 Å². The highest BCUT2D eigenvalue weighted by atomic mass is 16.5. The second kappa shape index (κ2) is 6.90. The van der Waals surface area contributed by atoms with Gasteiger partial charge in [-0.25, -0.2) is 0 Å². The minimum Gasteiger partial charge on any atom is -0.378 e. The summed E-state index contributed by atoms with van der Waals surface area (Å²) in [5.41, 5.74) is 1.27. The molecular formula is C14H25N3O. The van der Waals surface area contributed by atoms with Gasteiger partial charge in [0, 0.05) is 31.0 Å². The highest BCUT2D eigenvalue weighted by Crippen LogP contribution is 2.17. The highest BCUT2D eigenvalue weighted by molar-refractivity contribution is 5.08. The number of aromatic nitrogens is 2. The van der Waals surface area contributed by atoms with Crippen LogP contribution in [0.5, 0.6) is 0 Å². The monoisotopic (exact) mass is 251 g/mol. The van der Waals surface area contributed by atoms with E-state index in [0.717, 1.165) is 32.5 Å². The van der Waals surface area contributed by atoms with Crippen LogP contribution < -0.4 is 5.32 Å². The Bertz CT molecular complexity index is 345. The Hall–Kier alpha value is -0.870. The van der Waals surface area contributed by atoms with Crippen molar-refractivity contribution in [2.75, 3.05) is 13.2 Å². The number of nitrogens with zero attached hydrogens (tertiary/aromatic N) is 2. The van der Waals surface area contributed by atoms with E-state index in [2.05, 4.69) is 35.1 Å². The third-order valence-electron chi connectivity index (χ3n) is 3.60. The van der Waals surface area contributed by atoms with Gasteiger partial charge in [-0.05, 0) is 39.2 Å². The fourth-order valence-electron chi connectivity index (χ4n) is 2.50. The molecule has 2 heterocycles. The van der Waals surface area contributed by atoms with Crippen molar-refractivity contribution in [3.8, 4) is 0 Å². The van der Waals surface area contributed by atoms with Crippen molar-refractivity contribution >= 4 is 0 Å². The number of rotatable bonds is 7. The third kappa shape index (κ3) is 3.82. The second-order valence-corrected chi connectivity index (χ2v) is 5.09. The molecule has 0 radical (unpaired) electrons. The molecule has 0 bridgehead atoms. The van der Waals surface area contributed by atoms with Crippen molar-refractivity contribution in [2.45, 2.75) is 58.2 Å². The molecule has 1 aliphatic heterocycles. The average molecular weight is 251 g/mol. The van der Waals surface area contributed by atoms with Crippen molar-refractivity contribution in [3.63, 3.8) is 0 Å². The molecule has 1 aliphatic rings. The highest BCUT2D eigenvalue weighted by Gasteiger charge is 2.14. The van der Waals surface area contributed by atoms with Gasteiger partial charge < -0.3 is 10.1 Å². The van der Waals surface area contributed by atoms with Gasteiger partial charge in [-0.15, -0.1) is 0 Å². The van der Waals surface area contributed by atoms with E-state index in [1.165, 1.54) is 18.4 Å². The summed E-state index contributed by atoms with van der Waals surface area (Å²) in [5.74, 6) is 0. The molecule has 1 aromatic rings. The number of hydrogen-bond acceptors (Lipinski definition) is 3. The van der Waals surface area contributed by atoms with Gasteiger partial charge in [0.25, 0.3) is 0 Å². The van der Waals surface area contributed by atoms with Crippen LogP contribution in [0, 0.1) is 0 Å². The summed E-state index contributed by atoms with van der Waals surface area (Å²) in [6.07, 6.45) is 9.42. The van der Waals surface area contributed by atoms with Gasteiger partial charge in [0.15, 0.2) is 0 Å². The van der Waals surface area contributed by atoms with E-state index >= 15 is 0 Å². The fourth-order valence-corrected chi connectivity index (χ4v) is 2.50. The number of ether oxygens (including phenoxy) is 1. The summed E-state index contributed by atoms with van der Waals surface area (Å²) in [4.78, 5) is 0. The molecule has 1 aromatic heterocycles. The first-order valence-corrected chi connectivity index (χ1v) is 7.17. The van der Waals surface area contributed by atoms with Crippen LogP contribution in [0.15, 0.2) is 12.4 Å². The summed E-state index contributed by atoms with van der Waals surface area (Å²) in [6.45, 7) is 7.25. The molecule has 2 unspecified atom stereocenters.